The summed E-state index contributed by atoms with van der Waals surface area (Å²) in [6.45, 7) is 8.59. The van der Waals surface area contributed by atoms with E-state index in [0.29, 0.717) is 6.04 Å². The number of nitrogens with one attached hydrogen (secondary N) is 1. The maximum atomic E-state index is 7.84. The summed E-state index contributed by atoms with van der Waals surface area (Å²) in [5, 5.41) is 1.13. The molecule has 2 atom stereocenters. The number of hydrogen-bond acceptors (Lipinski definition) is 5. The Morgan fingerprint density at radius 1 is 1.07 bits per heavy atom. The van der Waals surface area contributed by atoms with Crippen LogP contribution >= 0.6 is 11.3 Å². The molecule has 2 unspecified atom stereocenters. The molecule has 1 aliphatic rings. The standard InChI is InChI=1S/C21H26N4S2/c1-15(17-4-9-21-20(14-17)23-16(2)26-21)24-10-12-25(13-11-24)18-5-7-19(8-6-18)27(3)22/h4-9,14-15,22H,10-13H2,1-3H3. The van der Waals surface area contributed by atoms with Gasteiger partial charge >= 0.3 is 0 Å². The predicted molar refractivity (Wildman–Crippen MR) is 117 cm³/mol. The fraction of sp³-hybridized carbons (Fsp3) is 0.381. The van der Waals surface area contributed by atoms with E-state index in [1.807, 2.05) is 6.26 Å². The molecule has 4 nitrogen and oxygen atoms in total. The lowest BCUT2D eigenvalue weighted by molar-refractivity contribution is 0.198. The third-order valence-corrected chi connectivity index (χ3v) is 7.35. The van der Waals surface area contributed by atoms with Crippen molar-refractivity contribution in [2.24, 2.45) is 0 Å². The first-order valence-electron chi connectivity index (χ1n) is 9.34. The molecule has 6 heteroatoms. The SMILES string of the molecule is Cc1nc2cc(C(C)N3CCN(c4ccc(S(C)=N)cc4)CC3)ccc2s1. The number of nitrogens with zero attached hydrogens (tertiary/aromatic N) is 3. The van der Waals surface area contributed by atoms with Crippen LogP contribution in [0.3, 0.4) is 0 Å². The van der Waals surface area contributed by atoms with E-state index >= 15 is 0 Å². The zero-order valence-electron chi connectivity index (χ0n) is 16.1. The number of piperazine rings is 1. The van der Waals surface area contributed by atoms with E-state index in [0.717, 1.165) is 41.6 Å². The lowest BCUT2D eigenvalue weighted by Crippen LogP contribution is -2.47. The molecule has 142 valence electrons. The smallest absolute Gasteiger partial charge is 0.0907 e. The normalized spacial score (nSPS) is 18.0. The number of anilines is 1. The van der Waals surface area contributed by atoms with Gasteiger partial charge in [0.05, 0.1) is 15.2 Å². The van der Waals surface area contributed by atoms with Gasteiger partial charge in [-0.1, -0.05) is 16.8 Å². The van der Waals surface area contributed by atoms with Gasteiger partial charge in [-0.25, -0.2) is 4.98 Å². The maximum absolute atomic E-state index is 7.84. The minimum Gasteiger partial charge on any atom is -0.369 e. The Kier molecular flexibility index (Phi) is 5.30. The molecule has 1 N–H and O–H groups in total. The van der Waals surface area contributed by atoms with Gasteiger partial charge in [-0.2, -0.15) is 0 Å². The number of hydrogen-bond donors (Lipinski definition) is 1. The Morgan fingerprint density at radius 3 is 2.44 bits per heavy atom. The maximum Gasteiger partial charge on any atom is 0.0907 e. The van der Waals surface area contributed by atoms with Crippen molar-refractivity contribution < 1.29 is 0 Å². The number of benzene rings is 2. The van der Waals surface area contributed by atoms with Gasteiger partial charge in [0, 0.05) is 42.8 Å². The van der Waals surface area contributed by atoms with Crippen LogP contribution in [0.1, 0.15) is 23.5 Å². The van der Waals surface area contributed by atoms with Crippen LogP contribution in [-0.2, 0) is 10.7 Å². The molecule has 1 saturated heterocycles. The Morgan fingerprint density at radius 2 is 1.78 bits per heavy atom. The van der Waals surface area contributed by atoms with Crippen LogP contribution < -0.4 is 4.90 Å². The Balaban J connectivity index is 1.42. The summed E-state index contributed by atoms with van der Waals surface area (Å²) in [5.74, 6) is 0. The van der Waals surface area contributed by atoms with Crippen LogP contribution in [0.2, 0.25) is 0 Å². The molecule has 1 fully saturated rings. The summed E-state index contributed by atoms with van der Waals surface area (Å²) in [6, 6.07) is 15.7. The molecule has 3 aromatic rings. The van der Waals surface area contributed by atoms with Crippen molar-refractivity contribution in [1.82, 2.24) is 9.88 Å². The van der Waals surface area contributed by atoms with E-state index in [-0.39, 0.29) is 0 Å². The lowest BCUT2D eigenvalue weighted by atomic mass is 10.1. The van der Waals surface area contributed by atoms with Gasteiger partial charge < -0.3 is 4.90 Å². The average Bonchev–Trinajstić information content (AvgIpc) is 3.07. The van der Waals surface area contributed by atoms with Gasteiger partial charge in [-0.05, 0) is 62.1 Å². The highest BCUT2D eigenvalue weighted by Crippen LogP contribution is 2.28. The van der Waals surface area contributed by atoms with Gasteiger partial charge in [0.2, 0.25) is 0 Å². The highest BCUT2D eigenvalue weighted by molar-refractivity contribution is 7.85. The summed E-state index contributed by atoms with van der Waals surface area (Å²) in [7, 11) is -0.415. The molecule has 1 aliphatic heterocycles. The second kappa shape index (κ2) is 7.70. The highest BCUT2D eigenvalue weighted by Gasteiger charge is 2.22. The van der Waals surface area contributed by atoms with Crippen LogP contribution in [0.5, 0.6) is 0 Å². The number of fused-ring (bicyclic) bond motifs is 1. The molecule has 4 rings (SSSR count). The van der Waals surface area contributed by atoms with Gasteiger partial charge in [0.25, 0.3) is 0 Å². The minimum absolute atomic E-state index is 0.409. The fourth-order valence-corrected chi connectivity index (χ4v) is 5.11. The Labute approximate surface area is 167 Å². The second-order valence-electron chi connectivity index (χ2n) is 7.16. The molecule has 2 heterocycles. The molecule has 0 aliphatic carbocycles. The number of thiazole rings is 1. The average molecular weight is 399 g/mol. The largest absolute Gasteiger partial charge is 0.369 e. The van der Waals surface area contributed by atoms with Crippen molar-refractivity contribution >= 4 is 37.9 Å². The topological polar surface area (TPSA) is 43.2 Å². The van der Waals surface area contributed by atoms with Crippen molar-refractivity contribution in [1.29, 1.82) is 4.78 Å². The molecule has 0 radical (unpaired) electrons. The molecule has 0 spiro atoms. The van der Waals surface area contributed by atoms with Gasteiger partial charge in [-0.15, -0.1) is 11.3 Å². The van der Waals surface area contributed by atoms with Crippen molar-refractivity contribution in [3.8, 4) is 0 Å². The predicted octanol–water partition coefficient (Wildman–Crippen LogP) is 4.86. The number of aromatic nitrogens is 1. The third kappa shape index (κ3) is 3.93. The van der Waals surface area contributed by atoms with Crippen LogP contribution in [-0.4, -0.2) is 42.3 Å². The molecule has 1 aromatic heterocycles. The number of aryl methyl sites for hydroxylation is 1. The first-order valence-corrected chi connectivity index (χ1v) is 11.8. The summed E-state index contributed by atoms with van der Waals surface area (Å²) < 4.78 is 9.12. The van der Waals surface area contributed by atoms with Crippen LogP contribution in [0.4, 0.5) is 5.69 Å². The number of rotatable bonds is 4. The van der Waals surface area contributed by atoms with Crippen LogP contribution in [0.15, 0.2) is 47.4 Å². The van der Waals surface area contributed by atoms with Crippen LogP contribution in [0, 0.1) is 11.7 Å². The van der Waals surface area contributed by atoms with E-state index in [1.165, 1.54) is 16.0 Å². The zero-order valence-corrected chi connectivity index (χ0v) is 17.7. The van der Waals surface area contributed by atoms with Crippen molar-refractivity contribution in [3.63, 3.8) is 0 Å². The summed E-state index contributed by atoms with van der Waals surface area (Å²) >= 11 is 1.77. The van der Waals surface area contributed by atoms with Gasteiger partial charge in [-0.3, -0.25) is 9.68 Å². The van der Waals surface area contributed by atoms with Crippen LogP contribution in [0.25, 0.3) is 10.2 Å². The van der Waals surface area contributed by atoms with Crippen molar-refractivity contribution in [2.75, 3.05) is 37.3 Å². The lowest BCUT2D eigenvalue weighted by Gasteiger charge is -2.39. The zero-order chi connectivity index (χ0) is 19.0. The third-order valence-electron chi connectivity index (χ3n) is 5.42. The van der Waals surface area contributed by atoms with E-state index in [1.54, 1.807) is 11.3 Å². The minimum atomic E-state index is -0.415. The molecule has 0 amide bonds. The van der Waals surface area contributed by atoms with Gasteiger partial charge in [0.1, 0.15) is 0 Å². The highest BCUT2D eigenvalue weighted by atomic mass is 32.2. The first-order chi connectivity index (χ1) is 13.0. The van der Waals surface area contributed by atoms with E-state index < -0.39 is 10.7 Å². The van der Waals surface area contributed by atoms with Crippen molar-refractivity contribution in [2.45, 2.75) is 24.8 Å². The molecule has 0 bridgehead atoms. The monoisotopic (exact) mass is 398 g/mol. The van der Waals surface area contributed by atoms with E-state index in [2.05, 4.69) is 71.1 Å². The Hall–Kier alpha value is -1.76. The molecule has 27 heavy (non-hydrogen) atoms. The summed E-state index contributed by atoms with van der Waals surface area (Å²) in [4.78, 5) is 10.8. The molecular formula is C21H26N4S2. The fourth-order valence-electron chi connectivity index (χ4n) is 3.76. The van der Waals surface area contributed by atoms with Gasteiger partial charge in [0.15, 0.2) is 0 Å². The summed E-state index contributed by atoms with van der Waals surface area (Å²) in [5.41, 5.74) is 3.76. The molecular weight excluding hydrogens is 372 g/mol. The molecule has 2 aromatic carbocycles. The molecule has 0 saturated carbocycles. The Bertz CT molecular complexity index is 956. The second-order valence-corrected chi connectivity index (χ2v) is 9.89. The van der Waals surface area contributed by atoms with Crippen molar-refractivity contribution in [3.05, 3.63) is 53.0 Å². The quantitative estimate of drug-likeness (QED) is 0.683. The van der Waals surface area contributed by atoms with E-state index in [9.17, 15) is 0 Å². The summed E-state index contributed by atoms with van der Waals surface area (Å²) in [6.07, 6.45) is 1.94. The van der Waals surface area contributed by atoms with E-state index in [4.69, 9.17) is 4.78 Å². The first kappa shape index (κ1) is 18.6.